The SMILES string of the molecule is Cc1c(-c2c(Cl)ccc3c(CCCOc4cccc5ccccc45)c(C(=O)O)[nH]c23)c(CO)nn1C. The van der Waals surface area contributed by atoms with Gasteiger partial charge in [-0.25, -0.2) is 4.79 Å². The van der Waals surface area contributed by atoms with Crippen LogP contribution in [0.25, 0.3) is 32.8 Å². The highest BCUT2D eigenvalue weighted by Crippen LogP contribution is 2.40. The molecule has 184 valence electrons. The summed E-state index contributed by atoms with van der Waals surface area (Å²) >= 11 is 6.63. The molecule has 0 spiro atoms. The number of aliphatic hydroxyl groups excluding tert-OH is 1. The molecule has 0 saturated heterocycles. The van der Waals surface area contributed by atoms with Crippen molar-refractivity contribution in [1.82, 2.24) is 14.8 Å². The Balaban J connectivity index is 1.48. The third-order valence-electron chi connectivity index (χ3n) is 6.63. The smallest absolute Gasteiger partial charge is 0.352 e. The van der Waals surface area contributed by atoms with Crippen LogP contribution < -0.4 is 4.74 Å². The minimum absolute atomic E-state index is 0.130. The zero-order valence-electron chi connectivity index (χ0n) is 20.0. The molecular formula is C28H26ClN3O4. The number of rotatable bonds is 8. The molecule has 7 nitrogen and oxygen atoms in total. The number of aliphatic hydroxyl groups is 1. The minimum Gasteiger partial charge on any atom is -0.493 e. The van der Waals surface area contributed by atoms with Crippen LogP contribution in [0.1, 0.15) is 33.9 Å². The Bertz CT molecular complexity index is 1600. The summed E-state index contributed by atoms with van der Waals surface area (Å²) < 4.78 is 7.76. The Morgan fingerprint density at radius 1 is 1.08 bits per heavy atom. The van der Waals surface area contributed by atoms with E-state index in [9.17, 15) is 15.0 Å². The lowest BCUT2D eigenvalue weighted by molar-refractivity contribution is 0.0690. The van der Waals surface area contributed by atoms with Gasteiger partial charge in [0.1, 0.15) is 11.4 Å². The molecule has 8 heteroatoms. The average molecular weight is 504 g/mol. The van der Waals surface area contributed by atoms with Crippen molar-refractivity contribution in [3.8, 4) is 16.9 Å². The molecule has 3 aromatic carbocycles. The second kappa shape index (κ2) is 9.68. The predicted octanol–water partition coefficient (Wildman–Crippen LogP) is 5.89. The number of halogens is 1. The molecule has 0 fully saturated rings. The fourth-order valence-electron chi connectivity index (χ4n) is 4.85. The number of aryl methyl sites for hydroxylation is 2. The predicted molar refractivity (Wildman–Crippen MR) is 141 cm³/mol. The molecule has 0 amide bonds. The zero-order chi connectivity index (χ0) is 25.4. The van der Waals surface area contributed by atoms with Crippen LogP contribution in [0, 0.1) is 6.92 Å². The maximum Gasteiger partial charge on any atom is 0.352 e. The standard InChI is InChI=1S/C28H26ClN3O4/c1-16-24(22(15-33)31-32(16)2)25-21(29)13-12-20-19(27(28(34)35)30-26(20)25)10-6-14-36-23-11-5-8-17-7-3-4-9-18(17)23/h3-5,7-9,11-13,30,33H,6,10,14-15H2,1-2H3,(H,34,35). The molecule has 2 heterocycles. The van der Waals surface area contributed by atoms with Crippen molar-refractivity contribution in [2.45, 2.75) is 26.4 Å². The van der Waals surface area contributed by atoms with Crippen molar-refractivity contribution < 1.29 is 19.7 Å². The maximum absolute atomic E-state index is 12.2. The van der Waals surface area contributed by atoms with E-state index >= 15 is 0 Å². The molecule has 0 unspecified atom stereocenters. The van der Waals surface area contributed by atoms with E-state index in [0.717, 1.165) is 27.6 Å². The fraction of sp³-hybridized carbons (Fsp3) is 0.214. The number of carboxylic acid groups (broad SMARTS) is 1. The monoisotopic (exact) mass is 503 g/mol. The molecule has 5 aromatic rings. The summed E-state index contributed by atoms with van der Waals surface area (Å²) in [6, 6.07) is 17.6. The van der Waals surface area contributed by atoms with Crippen molar-refractivity contribution in [1.29, 1.82) is 0 Å². The van der Waals surface area contributed by atoms with Crippen LogP contribution in [0.3, 0.4) is 0 Å². The fourth-order valence-corrected chi connectivity index (χ4v) is 5.10. The van der Waals surface area contributed by atoms with Crippen molar-refractivity contribution in [2.75, 3.05) is 6.61 Å². The van der Waals surface area contributed by atoms with Gasteiger partial charge in [-0.2, -0.15) is 5.10 Å². The van der Waals surface area contributed by atoms with Gasteiger partial charge in [0.2, 0.25) is 0 Å². The number of benzene rings is 3. The number of H-pyrrole nitrogens is 1. The molecule has 0 radical (unpaired) electrons. The largest absolute Gasteiger partial charge is 0.493 e. The van der Waals surface area contributed by atoms with Crippen molar-refractivity contribution in [3.63, 3.8) is 0 Å². The Hall–Kier alpha value is -3.81. The maximum atomic E-state index is 12.2. The van der Waals surface area contributed by atoms with Crippen LogP contribution in [0.4, 0.5) is 0 Å². The number of nitrogens with zero attached hydrogens (tertiary/aromatic N) is 2. The minimum atomic E-state index is -1.04. The molecule has 36 heavy (non-hydrogen) atoms. The summed E-state index contributed by atoms with van der Waals surface area (Å²) in [5.74, 6) is -0.230. The summed E-state index contributed by atoms with van der Waals surface area (Å²) in [5, 5.41) is 27.6. The van der Waals surface area contributed by atoms with Gasteiger partial charge in [0.15, 0.2) is 0 Å². The van der Waals surface area contributed by atoms with E-state index in [1.165, 1.54) is 0 Å². The van der Waals surface area contributed by atoms with Gasteiger partial charge < -0.3 is 19.9 Å². The van der Waals surface area contributed by atoms with Crippen molar-refractivity contribution >= 4 is 39.2 Å². The van der Waals surface area contributed by atoms with Gasteiger partial charge in [0.25, 0.3) is 0 Å². The van der Waals surface area contributed by atoms with E-state index < -0.39 is 5.97 Å². The topological polar surface area (TPSA) is 100 Å². The number of carboxylic acids is 1. The number of ether oxygens (including phenoxy) is 1. The lowest BCUT2D eigenvalue weighted by Gasteiger charge is -2.10. The highest BCUT2D eigenvalue weighted by Gasteiger charge is 2.24. The van der Waals surface area contributed by atoms with Gasteiger partial charge in [0.05, 0.1) is 29.4 Å². The third-order valence-corrected chi connectivity index (χ3v) is 6.94. The van der Waals surface area contributed by atoms with Crippen LogP contribution >= 0.6 is 11.6 Å². The quantitative estimate of drug-likeness (QED) is 0.229. The van der Waals surface area contributed by atoms with E-state index in [1.54, 1.807) is 17.8 Å². The molecule has 3 N–H and O–H groups in total. The van der Waals surface area contributed by atoms with Gasteiger partial charge in [-0.15, -0.1) is 0 Å². The first-order valence-corrected chi connectivity index (χ1v) is 12.1. The number of hydrogen-bond acceptors (Lipinski definition) is 4. The van der Waals surface area contributed by atoms with Crippen LogP contribution in [0.2, 0.25) is 5.02 Å². The first-order valence-electron chi connectivity index (χ1n) is 11.7. The van der Waals surface area contributed by atoms with Gasteiger partial charge in [-0.1, -0.05) is 54.1 Å². The Kier molecular flexibility index (Phi) is 6.43. The summed E-state index contributed by atoms with van der Waals surface area (Å²) in [5.41, 5.74) is 4.11. The van der Waals surface area contributed by atoms with E-state index in [-0.39, 0.29) is 12.3 Å². The number of carbonyl (C=O) groups is 1. The second-order valence-electron chi connectivity index (χ2n) is 8.75. The molecular weight excluding hydrogens is 478 g/mol. The molecule has 0 bridgehead atoms. The zero-order valence-corrected chi connectivity index (χ0v) is 20.8. The molecule has 5 rings (SSSR count). The lowest BCUT2D eigenvalue weighted by atomic mass is 9.98. The highest BCUT2D eigenvalue weighted by atomic mass is 35.5. The van der Waals surface area contributed by atoms with Crippen LogP contribution in [-0.4, -0.2) is 37.6 Å². The summed E-state index contributed by atoms with van der Waals surface area (Å²) in [6.45, 7) is 2.08. The van der Waals surface area contributed by atoms with Crippen LogP contribution in [0.15, 0.2) is 54.6 Å². The van der Waals surface area contributed by atoms with Gasteiger partial charge in [0, 0.05) is 34.6 Å². The molecule has 0 atom stereocenters. The molecule has 0 aliphatic rings. The number of aromatic carboxylic acids is 1. The normalized spacial score (nSPS) is 11.4. The molecule has 0 saturated carbocycles. The van der Waals surface area contributed by atoms with E-state index in [4.69, 9.17) is 16.3 Å². The second-order valence-corrected chi connectivity index (χ2v) is 9.15. The number of fused-ring (bicyclic) bond motifs is 2. The van der Waals surface area contributed by atoms with Crippen molar-refractivity contribution in [3.05, 3.63) is 82.3 Å². The number of hydrogen-bond donors (Lipinski definition) is 3. The lowest BCUT2D eigenvalue weighted by Crippen LogP contribution is -2.04. The number of aromatic nitrogens is 3. The van der Waals surface area contributed by atoms with E-state index in [2.05, 4.69) is 10.1 Å². The summed E-state index contributed by atoms with van der Waals surface area (Å²) in [6.07, 6.45) is 1.13. The summed E-state index contributed by atoms with van der Waals surface area (Å²) in [7, 11) is 1.80. The first-order chi connectivity index (χ1) is 17.4. The first kappa shape index (κ1) is 23.9. The van der Waals surface area contributed by atoms with E-state index in [1.807, 2.05) is 55.5 Å². The van der Waals surface area contributed by atoms with Crippen molar-refractivity contribution in [2.24, 2.45) is 7.05 Å². The van der Waals surface area contributed by atoms with Gasteiger partial charge in [-0.05, 0) is 42.8 Å². The highest BCUT2D eigenvalue weighted by molar-refractivity contribution is 6.35. The Labute approximate surface area is 212 Å². The Morgan fingerprint density at radius 3 is 2.64 bits per heavy atom. The summed E-state index contributed by atoms with van der Waals surface area (Å²) in [4.78, 5) is 15.3. The average Bonchev–Trinajstić information content (AvgIpc) is 3.39. The molecule has 0 aliphatic heterocycles. The van der Waals surface area contributed by atoms with E-state index in [0.29, 0.717) is 52.4 Å². The van der Waals surface area contributed by atoms with Crippen LogP contribution in [-0.2, 0) is 20.1 Å². The third kappa shape index (κ3) is 4.10. The Morgan fingerprint density at radius 2 is 1.86 bits per heavy atom. The molecule has 0 aliphatic carbocycles. The number of aromatic amines is 1. The molecule has 2 aromatic heterocycles. The number of nitrogens with one attached hydrogen (secondary N) is 1. The van der Waals surface area contributed by atoms with Gasteiger partial charge in [-0.3, -0.25) is 4.68 Å². The van der Waals surface area contributed by atoms with Crippen LogP contribution in [0.5, 0.6) is 5.75 Å². The van der Waals surface area contributed by atoms with Gasteiger partial charge >= 0.3 is 5.97 Å².